The zero-order valence-electron chi connectivity index (χ0n) is 15.8. The molecule has 2 aliphatic rings. The highest BCUT2D eigenvalue weighted by Gasteiger charge is 2.25. The van der Waals surface area contributed by atoms with Gasteiger partial charge in [-0.1, -0.05) is 6.07 Å². The minimum Gasteiger partial charge on any atom is -0.480 e. The number of aliphatic carboxylic acids is 1. The highest BCUT2D eigenvalue weighted by molar-refractivity contribution is 5.72. The Bertz CT molecular complexity index is 599. The van der Waals surface area contributed by atoms with E-state index in [-0.39, 0.29) is 6.04 Å². The minimum absolute atomic E-state index is 0.366. The van der Waals surface area contributed by atoms with Crippen molar-refractivity contribution in [3.8, 4) is 0 Å². The topological polar surface area (TPSA) is 77.5 Å². The van der Waals surface area contributed by atoms with Gasteiger partial charge in [0.15, 0.2) is 0 Å². The van der Waals surface area contributed by atoms with Gasteiger partial charge < -0.3 is 15.7 Å². The highest BCUT2D eigenvalue weighted by atomic mass is 16.4. The fourth-order valence-electron chi connectivity index (χ4n) is 3.89. The van der Waals surface area contributed by atoms with Gasteiger partial charge in [-0.15, -0.1) is 0 Å². The van der Waals surface area contributed by atoms with Crippen LogP contribution in [-0.4, -0.2) is 59.2 Å². The Morgan fingerprint density at radius 2 is 2.19 bits per heavy atom. The molecule has 0 radical (unpaired) electrons. The summed E-state index contributed by atoms with van der Waals surface area (Å²) in [4.78, 5) is 17.9. The summed E-state index contributed by atoms with van der Waals surface area (Å²) in [6, 6.07) is 4.57. The van der Waals surface area contributed by atoms with Crippen LogP contribution in [0, 0.1) is 0 Å². The lowest BCUT2D eigenvalue weighted by atomic mass is 10.0. The smallest absolute Gasteiger partial charge is 0.320 e. The van der Waals surface area contributed by atoms with Gasteiger partial charge in [-0.3, -0.25) is 9.69 Å². The number of pyridine rings is 1. The molecule has 1 fully saturated rings. The maximum atomic E-state index is 11.1. The van der Waals surface area contributed by atoms with Crippen LogP contribution >= 0.6 is 0 Å². The maximum absolute atomic E-state index is 11.1. The Morgan fingerprint density at radius 1 is 1.38 bits per heavy atom. The van der Waals surface area contributed by atoms with Crippen molar-refractivity contribution in [3.05, 3.63) is 23.4 Å². The number of aromatic nitrogens is 1. The largest absolute Gasteiger partial charge is 0.480 e. The van der Waals surface area contributed by atoms with Gasteiger partial charge in [0.2, 0.25) is 0 Å². The van der Waals surface area contributed by atoms with Crippen molar-refractivity contribution in [1.82, 2.24) is 15.2 Å². The number of carboxylic acid groups (broad SMARTS) is 1. The van der Waals surface area contributed by atoms with Crippen LogP contribution in [0.25, 0.3) is 0 Å². The zero-order valence-corrected chi connectivity index (χ0v) is 15.8. The lowest BCUT2D eigenvalue weighted by Crippen LogP contribution is -2.48. The van der Waals surface area contributed by atoms with Gasteiger partial charge in [-0.05, 0) is 70.0 Å². The van der Waals surface area contributed by atoms with Crippen LogP contribution in [0.15, 0.2) is 12.1 Å². The normalized spacial score (nSPS) is 19.6. The highest BCUT2D eigenvalue weighted by Crippen LogP contribution is 2.20. The van der Waals surface area contributed by atoms with E-state index in [2.05, 4.69) is 27.7 Å². The van der Waals surface area contributed by atoms with Gasteiger partial charge in [0.05, 0.1) is 0 Å². The number of carbonyl (C=O) groups is 1. The summed E-state index contributed by atoms with van der Waals surface area (Å²) in [6.07, 6.45) is 7.75. The molecule has 0 saturated carbocycles. The summed E-state index contributed by atoms with van der Waals surface area (Å²) in [5.41, 5.74) is 2.54. The van der Waals surface area contributed by atoms with E-state index in [1.54, 1.807) is 6.92 Å². The first kappa shape index (κ1) is 19.1. The fraction of sp³-hybridized carbons (Fsp3) is 0.700. The van der Waals surface area contributed by atoms with E-state index in [1.165, 1.54) is 17.7 Å². The summed E-state index contributed by atoms with van der Waals surface area (Å²) in [7, 11) is 0. The molecule has 1 saturated heterocycles. The number of nitrogens with zero attached hydrogens (tertiary/aromatic N) is 2. The SMILES string of the molecule is CC(C(=O)O)N1CCC(NCCCCc2ccc3c(n2)NCCC3)CC1. The molecule has 1 aromatic rings. The van der Waals surface area contributed by atoms with Crippen LogP contribution in [0.3, 0.4) is 0 Å². The van der Waals surface area contributed by atoms with E-state index < -0.39 is 5.97 Å². The standard InChI is InChI=1S/C20H32N4O2/c1-15(20(25)26)24-13-9-17(10-14-24)21-11-3-2-6-18-8-7-16-5-4-12-22-19(16)23-18/h7-8,15,17,21H,2-6,9-14H2,1H3,(H,22,23)(H,25,26). The first-order chi connectivity index (χ1) is 12.6. The summed E-state index contributed by atoms with van der Waals surface area (Å²) in [5, 5.41) is 16.1. The minimum atomic E-state index is -0.720. The Balaban J connectivity index is 1.30. The van der Waals surface area contributed by atoms with Crippen molar-refractivity contribution >= 4 is 11.8 Å². The van der Waals surface area contributed by atoms with Crippen LogP contribution in [0.4, 0.5) is 5.82 Å². The molecule has 3 rings (SSSR count). The molecule has 6 nitrogen and oxygen atoms in total. The van der Waals surface area contributed by atoms with Crippen molar-refractivity contribution < 1.29 is 9.90 Å². The number of anilines is 1. The number of hydrogen-bond acceptors (Lipinski definition) is 5. The molecule has 144 valence electrons. The van der Waals surface area contributed by atoms with Crippen molar-refractivity contribution in [2.45, 2.75) is 64.0 Å². The molecule has 2 aliphatic heterocycles. The summed E-state index contributed by atoms with van der Waals surface area (Å²) >= 11 is 0. The number of rotatable bonds is 8. The number of piperidine rings is 1. The van der Waals surface area contributed by atoms with Crippen LogP contribution in [-0.2, 0) is 17.6 Å². The second kappa shape index (κ2) is 9.33. The lowest BCUT2D eigenvalue weighted by Gasteiger charge is -2.34. The Kier molecular flexibility index (Phi) is 6.86. The molecule has 0 spiro atoms. The molecule has 3 N–H and O–H groups in total. The lowest BCUT2D eigenvalue weighted by molar-refractivity contribution is -0.143. The number of likely N-dealkylation sites (tertiary alicyclic amines) is 1. The molecule has 0 bridgehead atoms. The molecule has 1 unspecified atom stereocenters. The molecule has 0 aliphatic carbocycles. The molecular formula is C20H32N4O2. The summed E-state index contributed by atoms with van der Waals surface area (Å²) in [6.45, 7) is 5.59. The van der Waals surface area contributed by atoms with Gasteiger partial charge >= 0.3 is 5.97 Å². The molecule has 3 heterocycles. The average Bonchev–Trinajstić information content (AvgIpc) is 2.67. The van der Waals surface area contributed by atoms with E-state index in [9.17, 15) is 4.79 Å². The Hall–Kier alpha value is -1.66. The predicted molar refractivity (Wildman–Crippen MR) is 104 cm³/mol. The van der Waals surface area contributed by atoms with Crippen LogP contribution in [0.1, 0.15) is 50.3 Å². The number of nitrogens with one attached hydrogen (secondary N) is 2. The number of carboxylic acids is 1. The third kappa shape index (κ3) is 5.17. The van der Waals surface area contributed by atoms with Gasteiger partial charge in [0.25, 0.3) is 0 Å². The molecular weight excluding hydrogens is 328 g/mol. The Morgan fingerprint density at radius 3 is 2.96 bits per heavy atom. The van der Waals surface area contributed by atoms with E-state index >= 15 is 0 Å². The second-order valence-electron chi connectivity index (χ2n) is 7.58. The van der Waals surface area contributed by atoms with Crippen LogP contribution in [0.5, 0.6) is 0 Å². The number of unbranched alkanes of at least 4 members (excludes halogenated alkanes) is 1. The molecule has 1 aromatic heterocycles. The number of fused-ring (bicyclic) bond motifs is 1. The molecule has 0 amide bonds. The van der Waals surface area contributed by atoms with Crippen LogP contribution < -0.4 is 10.6 Å². The molecule has 6 heteroatoms. The van der Waals surface area contributed by atoms with E-state index in [0.29, 0.717) is 6.04 Å². The van der Waals surface area contributed by atoms with Crippen molar-refractivity contribution in [2.75, 3.05) is 31.5 Å². The average molecular weight is 361 g/mol. The first-order valence-corrected chi connectivity index (χ1v) is 10.1. The fourth-order valence-corrected chi connectivity index (χ4v) is 3.89. The molecule has 26 heavy (non-hydrogen) atoms. The Labute approximate surface area is 156 Å². The van der Waals surface area contributed by atoms with Gasteiger partial charge in [0.1, 0.15) is 11.9 Å². The van der Waals surface area contributed by atoms with Crippen LogP contribution in [0.2, 0.25) is 0 Å². The van der Waals surface area contributed by atoms with Gasteiger partial charge in [-0.25, -0.2) is 4.98 Å². The first-order valence-electron chi connectivity index (χ1n) is 10.1. The summed E-state index contributed by atoms with van der Waals surface area (Å²) in [5.74, 6) is 0.372. The quantitative estimate of drug-likeness (QED) is 0.618. The summed E-state index contributed by atoms with van der Waals surface area (Å²) < 4.78 is 0. The molecule has 0 aromatic carbocycles. The third-order valence-electron chi connectivity index (χ3n) is 5.68. The predicted octanol–water partition coefficient (Wildman–Crippen LogP) is 2.29. The van der Waals surface area contributed by atoms with E-state index in [0.717, 1.165) is 70.5 Å². The van der Waals surface area contributed by atoms with Crippen molar-refractivity contribution in [1.29, 1.82) is 0 Å². The second-order valence-corrected chi connectivity index (χ2v) is 7.58. The van der Waals surface area contributed by atoms with Crippen molar-refractivity contribution in [3.63, 3.8) is 0 Å². The third-order valence-corrected chi connectivity index (χ3v) is 5.68. The van der Waals surface area contributed by atoms with Gasteiger partial charge in [-0.2, -0.15) is 0 Å². The zero-order chi connectivity index (χ0) is 18.4. The number of hydrogen-bond donors (Lipinski definition) is 3. The van der Waals surface area contributed by atoms with Gasteiger partial charge in [0, 0.05) is 31.4 Å². The van der Waals surface area contributed by atoms with E-state index in [4.69, 9.17) is 10.1 Å². The maximum Gasteiger partial charge on any atom is 0.320 e. The van der Waals surface area contributed by atoms with Crippen molar-refractivity contribution in [2.24, 2.45) is 0 Å². The number of aryl methyl sites for hydroxylation is 2. The molecule has 1 atom stereocenters. The van der Waals surface area contributed by atoms with E-state index in [1.807, 2.05) is 0 Å². The monoisotopic (exact) mass is 360 g/mol.